The van der Waals surface area contributed by atoms with Crippen molar-refractivity contribution >= 4 is 5.91 Å². The molecule has 0 saturated carbocycles. The molecule has 1 saturated heterocycles. The molecule has 1 aliphatic rings. The van der Waals surface area contributed by atoms with E-state index in [-0.39, 0.29) is 24.1 Å². The van der Waals surface area contributed by atoms with Crippen molar-refractivity contribution in [3.63, 3.8) is 0 Å². The molecule has 2 N–H and O–H groups in total. The van der Waals surface area contributed by atoms with Gasteiger partial charge in [-0.3, -0.25) is 9.59 Å². The average Bonchev–Trinajstić information content (AvgIpc) is 2.63. The summed E-state index contributed by atoms with van der Waals surface area (Å²) in [5.74, 6) is -0.356. The first-order valence-electron chi connectivity index (χ1n) is 8.59. The number of aryl methyl sites for hydroxylation is 1. The third-order valence-electron chi connectivity index (χ3n) is 4.25. The number of aromatic amines is 1. The van der Waals surface area contributed by atoms with Crippen LogP contribution in [0, 0.1) is 5.82 Å². The van der Waals surface area contributed by atoms with E-state index in [9.17, 15) is 14.0 Å². The minimum atomic E-state index is -0.442. The first-order chi connectivity index (χ1) is 12.5. The van der Waals surface area contributed by atoms with Crippen LogP contribution in [0.1, 0.15) is 29.4 Å². The first-order valence-corrected chi connectivity index (χ1v) is 8.59. The number of ether oxygens (including phenoxy) is 2. The molecule has 1 fully saturated rings. The van der Waals surface area contributed by atoms with Crippen molar-refractivity contribution in [3.05, 3.63) is 63.8 Å². The zero-order chi connectivity index (χ0) is 18.5. The second kappa shape index (κ2) is 8.14. The van der Waals surface area contributed by atoms with Gasteiger partial charge in [-0.05, 0) is 31.0 Å². The highest BCUT2D eigenvalue weighted by molar-refractivity contribution is 5.94. The zero-order valence-electron chi connectivity index (χ0n) is 14.5. The number of benzene rings is 1. The highest BCUT2D eigenvalue weighted by Gasteiger charge is 2.29. The molecule has 1 aromatic carbocycles. The summed E-state index contributed by atoms with van der Waals surface area (Å²) < 4.78 is 24.6. The van der Waals surface area contributed by atoms with Crippen molar-refractivity contribution in [3.8, 4) is 5.75 Å². The fraction of sp³-hybridized carbons (Fsp3) is 0.368. The van der Waals surface area contributed by atoms with Crippen molar-refractivity contribution in [2.24, 2.45) is 0 Å². The highest BCUT2D eigenvalue weighted by atomic mass is 19.1. The van der Waals surface area contributed by atoms with Gasteiger partial charge < -0.3 is 19.8 Å². The molecule has 1 aromatic heterocycles. The third kappa shape index (κ3) is 4.49. The van der Waals surface area contributed by atoms with Gasteiger partial charge in [0.05, 0.1) is 12.6 Å². The molecular weight excluding hydrogens is 339 g/mol. The second-order valence-electron chi connectivity index (χ2n) is 6.17. The van der Waals surface area contributed by atoms with Crippen LogP contribution in [-0.2, 0) is 11.2 Å². The van der Waals surface area contributed by atoms with Gasteiger partial charge in [0.2, 0.25) is 5.56 Å². The maximum atomic E-state index is 13.3. The van der Waals surface area contributed by atoms with Gasteiger partial charge in [0.15, 0.2) is 0 Å². The maximum absolute atomic E-state index is 13.3. The number of carbonyl (C=O) groups is 1. The van der Waals surface area contributed by atoms with Crippen LogP contribution >= 0.6 is 0 Å². The van der Waals surface area contributed by atoms with Crippen molar-refractivity contribution in [2.75, 3.05) is 13.2 Å². The molecule has 6 nitrogen and oxygen atoms in total. The summed E-state index contributed by atoms with van der Waals surface area (Å²) >= 11 is 0. The van der Waals surface area contributed by atoms with Gasteiger partial charge >= 0.3 is 0 Å². The highest BCUT2D eigenvalue weighted by Crippen LogP contribution is 2.19. The molecule has 0 radical (unpaired) electrons. The summed E-state index contributed by atoms with van der Waals surface area (Å²) in [6.45, 7) is 2.68. The fourth-order valence-electron chi connectivity index (χ4n) is 2.88. The van der Waals surface area contributed by atoms with Gasteiger partial charge in [-0.15, -0.1) is 0 Å². The smallest absolute Gasteiger partial charge is 0.251 e. The predicted octanol–water partition coefficient (Wildman–Crippen LogP) is 2.04. The number of H-pyrrole nitrogens is 1. The number of nitrogens with one attached hydrogen (secondary N) is 2. The number of rotatable bonds is 5. The molecule has 0 aliphatic carbocycles. The number of hydrogen-bond donors (Lipinski definition) is 2. The Morgan fingerprint density at radius 3 is 3.00 bits per heavy atom. The summed E-state index contributed by atoms with van der Waals surface area (Å²) in [4.78, 5) is 26.9. The van der Waals surface area contributed by atoms with Gasteiger partial charge in [0.1, 0.15) is 17.7 Å². The molecule has 0 unspecified atom stereocenters. The second-order valence-corrected chi connectivity index (χ2v) is 6.17. The van der Waals surface area contributed by atoms with E-state index in [4.69, 9.17) is 9.47 Å². The molecule has 138 valence electrons. The molecule has 26 heavy (non-hydrogen) atoms. The number of aromatic nitrogens is 1. The largest absolute Gasteiger partial charge is 0.486 e. The van der Waals surface area contributed by atoms with Gasteiger partial charge in [-0.25, -0.2) is 4.39 Å². The number of amides is 1. The van der Waals surface area contributed by atoms with Crippen LogP contribution in [0.25, 0.3) is 0 Å². The first kappa shape index (κ1) is 18.1. The predicted molar refractivity (Wildman–Crippen MR) is 93.9 cm³/mol. The summed E-state index contributed by atoms with van der Waals surface area (Å²) in [5, 5.41) is 2.91. The van der Waals surface area contributed by atoms with Gasteiger partial charge in [0, 0.05) is 30.0 Å². The van der Waals surface area contributed by atoms with Crippen molar-refractivity contribution in [2.45, 2.75) is 31.9 Å². The topological polar surface area (TPSA) is 80.4 Å². The van der Waals surface area contributed by atoms with Crippen LogP contribution in [0.5, 0.6) is 5.75 Å². The Bertz CT molecular complexity index is 836. The van der Waals surface area contributed by atoms with Crippen molar-refractivity contribution in [1.29, 1.82) is 0 Å². The summed E-state index contributed by atoms with van der Waals surface area (Å²) in [7, 11) is 0. The Morgan fingerprint density at radius 2 is 2.23 bits per heavy atom. The van der Waals surface area contributed by atoms with Gasteiger partial charge in [0.25, 0.3) is 5.91 Å². The summed E-state index contributed by atoms with van der Waals surface area (Å²) in [6, 6.07) is 8.48. The van der Waals surface area contributed by atoms with Gasteiger partial charge in [-0.1, -0.05) is 13.0 Å². The van der Waals surface area contributed by atoms with E-state index in [1.807, 2.05) is 6.92 Å². The van der Waals surface area contributed by atoms with E-state index >= 15 is 0 Å². The molecular formula is C19H21FN2O4. The fourth-order valence-corrected chi connectivity index (χ4v) is 2.88. The SMILES string of the molecule is CCc1cc(C(=O)N[C@@H]2CCOC[C@H]2Oc2cccc(F)c2)cc(=O)[nH]1. The van der Waals surface area contributed by atoms with E-state index in [1.165, 1.54) is 18.2 Å². The minimum Gasteiger partial charge on any atom is -0.486 e. The Labute approximate surface area is 150 Å². The molecule has 0 bridgehead atoms. The Kier molecular flexibility index (Phi) is 5.68. The molecule has 3 rings (SSSR count). The number of pyridine rings is 1. The molecule has 7 heteroatoms. The van der Waals surface area contributed by atoms with Crippen molar-refractivity contribution < 1.29 is 18.7 Å². The van der Waals surface area contributed by atoms with Crippen LogP contribution < -0.4 is 15.6 Å². The van der Waals surface area contributed by atoms with Crippen LogP contribution in [-0.4, -0.2) is 36.3 Å². The van der Waals surface area contributed by atoms with Crippen LogP contribution in [0.15, 0.2) is 41.2 Å². The standard InChI is InChI=1S/C19H21FN2O4/c1-2-14-8-12(9-18(23)21-14)19(24)22-16-6-7-25-11-17(16)26-15-5-3-4-13(20)10-15/h3-5,8-10,16-17H,2,6-7,11H2,1H3,(H,21,23)(H,22,24)/t16-,17-/m1/s1. The van der Waals surface area contributed by atoms with E-state index in [0.717, 1.165) is 0 Å². The zero-order valence-corrected chi connectivity index (χ0v) is 14.5. The minimum absolute atomic E-state index is 0.289. The normalized spacial score (nSPS) is 19.8. The monoisotopic (exact) mass is 360 g/mol. The molecule has 2 heterocycles. The van der Waals surface area contributed by atoms with E-state index in [2.05, 4.69) is 10.3 Å². The third-order valence-corrected chi connectivity index (χ3v) is 4.25. The Morgan fingerprint density at radius 1 is 1.38 bits per heavy atom. The lowest BCUT2D eigenvalue weighted by Crippen LogP contribution is -2.51. The van der Waals surface area contributed by atoms with Crippen molar-refractivity contribution in [1.82, 2.24) is 10.3 Å². The number of halogens is 1. The van der Waals surface area contributed by atoms with Crippen LogP contribution in [0.2, 0.25) is 0 Å². The number of hydrogen-bond acceptors (Lipinski definition) is 4. The molecule has 1 amide bonds. The molecule has 2 atom stereocenters. The molecule has 1 aliphatic heterocycles. The number of carbonyl (C=O) groups excluding carboxylic acids is 1. The van der Waals surface area contributed by atoms with Crippen LogP contribution in [0.3, 0.4) is 0 Å². The van der Waals surface area contributed by atoms with E-state index in [0.29, 0.717) is 36.5 Å². The van der Waals surface area contributed by atoms with E-state index < -0.39 is 11.9 Å². The van der Waals surface area contributed by atoms with Crippen LogP contribution in [0.4, 0.5) is 4.39 Å². The Hall–Kier alpha value is -2.67. The van der Waals surface area contributed by atoms with E-state index in [1.54, 1.807) is 18.2 Å². The molecule has 0 spiro atoms. The molecule has 2 aromatic rings. The lowest BCUT2D eigenvalue weighted by molar-refractivity contribution is -0.0136. The quantitative estimate of drug-likeness (QED) is 0.855. The van der Waals surface area contributed by atoms with Gasteiger partial charge in [-0.2, -0.15) is 0 Å². The Balaban J connectivity index is 1.72. The lowest BCUT2D eigenvalue weighted by Gasteiger charge is -2.32. The maximum Gasteiger partial charge on any atom is 0.251 e. The summed E-state index contributed by atoms with van der Waals surface area (Å²) in [6.07, 6.45) is 0.747. The lowest BCUT2D eigenvalue weighted by atomic mass is 10.0. The summed E-state index contributed by atoms with van der Waals surface area (Å²) in [5.41, 5.74) is 0.692. The average molecular weight is 360 g/mol.